The van der Waals surface area contributed by atoms with Gasteiger partial charge in [-0.3, -0.25) is 4.79 Å². The topological polar surface area (TPSA) is 42.2 Å². The van der Waals surface area contributed by atoms with E-state index in [1.54, 1.807) is 30.3 Å². The van der Waals surface area contributed by atoms with Crippen LogP contribution in [-0.4, -0.2) is 5.91 Å². The van der Waals surface area contributed by atoms with E-state index in [4.69, 9.17) is 27.6 Å². The monoisotopic (exact) mass is 359 g/mol. The number of furan rings is 1. The first-order chi connectivity index (χ1) is 11.4. The van der Waals surface area contributed by atoms with Gasteiger partial charge in [0.15, 0.2) is 5.76 Å². The van der Waals surface area contributed by atoms with Gasteiger partial charge < -0.3 is 9.73 Å². The Bertz CT molecular complexity index is 915. The van der Waals surface area contributed by atoms with Crippen molar-refractivity contribution in [2.45, 2.75) is 13.8 Å². The third-order valence-corrected chi connectivity index (χ3v) is 4.35. The maximum Gasteiger partial charge on any atom is 0.291 e. The second-order valence-electron chi connectivity index (χ2n) is 5.54. The highest BCUT2D eigenvalue weighted by Crippen LogP contribution is 2.32. The standard InChI is InChI=1S/C19H15Cl2NO2/c1-11-3-5-14(9-12(11)2)22-19(23)18-8-7-17(24-18)15-10-13(20)4-6-16(15)21/h3-10H,1-2H3,(H,22,23). The number of benzene rings is 2. The number of amides is 1. The predicted octanol–water partition coefficient (Wildman–Crippen LogP) is 6.12. The van der Waals surface area contributed by atoms with E-state index in [9.17, 15) is 4.79 Å². The quantitative estimate of drug-likeness (QED) is 0.611. The number of halogens is 2. The molecule has 0 spiro atoms. The summed E-state index contributed by atoms with van der Waals surface area (Å²) in [5, 5.41) is 3.88. The number of nitrogens with one attached hydrogen (secondary N) is 1. The fourth-order valence-corrected chi connectivity index (χ4v) is 2.69. The summed E-state index contributed by atoms with van der Waals surface area (Å²) in [5.41, 5.74) is 3.65. The maximum atomic E-state index is 12.3. The molecule has 3 rings (SSSR count). The van der Waals surface area contributed by atoms with E-state index in [1.807, 2.05) is 32.0 Å². The Hall–Kier alpha value is -2.23. The second-order valence-corrected chi connectivity index (χ2v) is 6.38. The number of anilines is 1. The number of hydrogen-bond acceptors (Lipinski definition) is 2. The zero-order chi connectivity index (χ0) is 17.3. The van der Waals surface area contributed by atoms with Crippen molar-refractivity contribution >= 4 is 34.8 Å². The van der Waals surface area contributed by atoms with Crippen LogP contribution >= 0.6 is 23.2 Å². The van der Waals surface area contributed by atoms with Gasteiger partial charge in [-0.2, -0.15) is 0 Å². The van der Waals surface area contributed by atoms with Crippen LogP contribution in [0.25, 0.3) is 11.3 Å². The van der Waals surface area contributed by atoms with Gasteiger partial charge in [-0.1, -0.05) is 29.3 Å². The molecule has 1 aromatic heterocycles. The molecule has 0 fully saturated rings. The number of carbonyl (C=O) groups is 1. The van der Waals surface area contributed by atoms with Crippen LogP contribution < -0.4 is 5.32 Å². The highest BCUT2D eigenvalue weighted by Gasteiger charge is 2.14. The van der Waals surface area contributed by atoms with Crippen molar-refractivity contribution in [2.75, 3.05) is 5.32 Å². The van der Waals surface area contributed by atoms with Gasteiger partial charge >= 0.3 is 0 Å². The Balaban J connectivity index is 1.83. The zero-order valence-electron chi connectivity index (χ0n) is 13.2. The lowest BCUT2D eigenvalue weighted by Crippen LogP contribution is -2.10. The summed E-state index contributed by atoms with van der Waals surface area (Å²) in [7, 11) is 0. The normalized spacial score (nSPS) is 10.7. The molecule has 0 aliphatic carbocycles. The van der Waals surface area contributed by atoms with Gasteiger partial charge in [-0.25, -0.2) is 0 Å². The molecule has 0 aliphatic heterocycles. The van der Waals surface area contributed by atoms with E-state index in [2.05, 4.69) is 5.32 Å². The third-order valence-electron chi connectivity index (χ3n) is 3.79. The minimum atomic E-state index is -0.317. The van der Waals surface area contributed by atoms with Gasteiger partial charge in [0.25, 0.3) is 5.91 Å². The molecule has 1 heterocycles. The molecule has 5 heteroatoms. The fourth-order valence-electron chi connectivity index (χ4n) is 2.30. The predicted molar refractivity (Wildman–Crippen MR) is 98.0 cm³/mol. The summed E-state index contributed by atoms with van der Waals surface area (Å²) in [6.45, 7) is 4.02. The summed E-state index contributed by atoms with van der Waals surface area (Å²) in [6.07, 6.45) is 0. The van der Waals surface area contributed by atoms with E-state index in [0.717, 1.165) is 11.3 Å². The second kappa shape index (κ2) is 6.71. The zero-order valence-corrected chi connectivity index (χ0v) is 14.7. The van der Waals surface area contributed by atoms with Gasteiger partial charge in [0, 0.05) is 16.3 Å². The van der Waals surface area contributed by atoms with Crippen LogP contribution in [0.15, 0.2) is 52.9 Å². The number of aryl methyl sites for hydroxylation is 2. The van der Waals surface area contributed by atoms with E-state index in [1.165, 1.54) is 5.56 Å². The van der Waals surface area contributed by atoms with Crippen LogP contribution in [0.1, 0.15) is 21.7 Å². The first-order valence-electron chi connectivity index (χ1n) is 7.38. The molecule has 1 N–H and O–H groups in total. The molecule has 2 aromatic carbocycles. The molecule has 0 aliphatic rings. The van der Waals surface area contributed by atoms with Crippen molar-refractivity contribution in [1.82, 2.24) is 0 Å². The van der Waals surface area contributed by atoms with Crippen molar-refractivity contribution in [3.8, 4) is 11.3 Å². The summed E-state index contributed by atoms with van der Waals surface area (Å²) < 4.78 is 5.64. The molecule has 0 unspecified atom stereocenters. The first kappa shape index (κ1) is 16.6. The lowest BCUT2D eigenvalue weighted by atomic mass is 10.1. The van der Waals surface area contributed by atoms with E-state index in [0.29, 0.717) is 21.4 Å². The summed E-state index contributed by atoms with van der Waals surface area (Å²) >= 11 is 12.2. The molecule has 3 aromatic rings. The van der Waals surface area contributed by atoms with Crippen molar-refractivity contribution in [2.24, 2.45) is 0 Å². The Morgan fingerprint density at radius 1 is 0.958 bits per heavy atom. The van der Waals surface area contributed by atoms with Crippen molar-refractivity contribution in [3.63, 3.8) is 0 Å². The average Bonchev–Trinajstić information content (AvgIpc) is 3.03. The van der Waals surface area contributed by atoms with Crippen LogP contribution in [0.3, 0.4) is 0 Å². The number of hydrogen-bond donors (Lipinski definition) is 1. The molecular formula is C19H15Cl2NO2. The Kier molecular flexibility index (Phi) is 4.65. The molecule has 3 nitrogen and oxygen atoms in total. The van der Waals surface area contributed by atoms with Crippen LogP contribution in [0.2, 0.25) is 10.0 Å². The Morgan fingerprint density at radius 2 is 1.75 bits per heavy atom. The molecule has 24 heavy (non-hydrogen) atoms. The summed E-state index contributed by atoms with van der Waals surface area (Å²) in [5.74, 6) is 0.384. The third kappa shape index (κ3) is 3.48. The molecule has 0 bridgehead atoms. The van der Waals surface area contributed by atoms with E-state index >= 15 is 0 Å². The van der Waals surface area contributed by atoms with Gasteiger partial charge in [-0.15, -0.1) is 0 Å². The lowest BCUT2D eigenvalue weighted by Gasteiger charge is -2.06. The van der Waals surface area contributed by atoms with Crippen LogP contribution in [0.5, 0.6) is 0 Å². The van der Waals surface area contributed by atoms with E-state index in [-0.39, 0.29) is 11.7 Å². The van der Waals surface area contributed by atoms with Crippen molar-refractivity contribution in [3.05, 3.63) is 75.5 Å². The van der Waals surface area contributed by atoms with Gasteiger partial charge in [0.05, 0.1) is 5.02 Å². The minimum Gasteiger partial charge on any atom is -0.451 e. The molecule has 0 saturated carbocycles. The Morgan fingerprint density at radius 3 is 2.50 bits per heavy atom. The number of rotatable bonds is 3. The van der Waals surface area contributed by atoms with Crippen LogP contribution in [0.4, 0.5) is 5.69 Å². The molecular weight excluding hydrogens is 345 g/mol. The van der Waals surface area contributed by atoms with Crippen molar-refractivity contribution < 1.29 is 9.21 Å². The minimum absolute atomic E-state index is 0.208. The smallest absolute Gasteiger partial charge is 0.291 e. The summed E-state index contributed by atoms with van der Waals surface area (Å²) in [6, 6.07) is 14.1. The van der Waals surface area contributed by atoms with Crippen LogP contribution in [-0.2, 0) is 0 Å². The molecule has 0 atom stereocenters. The molecule has 0 saturated heterocycles. The Labute approximate surface area is 150 Å². The van der Waals surface area contributed by atoms with Crippen molar-refractivity contribution in [1.29, 1.82) is 0 Å². The van der Waals surface area contributed by atoms with Crippen LogP contribution in [0, 0.1) is 13.8 Å². The average molecular weight is 360 g/mol. The SMILES string of the molecule is Cc1ccc(NC(=O)c2ccc(-c3cc(Cl)ccc3Cl)o2)cc1C. The van der Waals surface area contributed by atoms with Gasteiger partial charge in [0.2, 0.25) is 0 Å². The van der Waals surface area contributed by atoms with Gasteiger partial charge in [-0.05, 0) is 67.4 Å². The fraction of sp³-hybridized carbons (Fsp3) is 0.105. The first-order valence-corrected chi connectivity index (χ1v) is 8.13. The summed E-state index contributed by atoms with van der Waals surface area (Å²) in [4.78, 5) is 12.3. The molecule has 0 radical (unpaired) electrons. The number of carbonyl (C=O) groups excluding carboxylic acids is 1. The highest BCUT2D eigenvalue weighted by molar-refractivity contribution is 6.35. The highest BCUT2D eigenvalue weighted by atomic mass is 35.5. The molecule has 122 valence electrons. The van der Waals surface area contributed by atoms with Gasteiger partial charge in [0.1, 0.15) is 5.76 Å². The largest absolute Gasteiger partial charge is 0.451 e. The maximum absolute atomic E-state index is 12.3. The lowest BCUT2D eigenvalue weighted by molar-refractivity contribution is 0.0997. The van der Waals surface area contributed by atoms with E-state index < -0.39 is 0 Å². The molecule has 1 amide bonds.